The molecule has 12 heavy (non-hydrogen) atoms. The van der Waals surface area contributed by atoms with Crippen molar-refractivity contribution in [3.63, 3.8) is 0 Å². The number of thiol groups is 1. The molecule has 0 radical (unpaired) electrons. The molecule has 1 atom stereocenters. The van der Waals surface area contributed by atoms with Crippen molar-refractivity contribution in [3.05, 3.63) is 0 Å². The molecule has 72 valence electrons. The second-order valence-corrected chi connectivity index (χ2v) is 4.59. The second kappa shape index (κ2) is 4.49. The molecule has 2 nitrogen and oxygen atoms in total. The highest BCUT2D eigenvalue weighted by Crippen LogP contribution is 2.13. The smallest absolute Gasteiger partial charge is 0.0518 e. The number of hydrogen-bond acceptors (Lipinski definition) is 3. The third kappa shape index (κ3) is 2.64. The van der Waals surface area contributed by atoms with Gasteiger partial charge in [-0.25, -0.2) is 0 Å². The highest BCUT2D eigenvalue weighted by atomic mass is 32.1. The summed E-state index contributed by atoms with van der Waals surface area (Å²) in [4.78, 5) is 4.91. The molecule has 0 aromatic heterocycles. The molecule has 0 bridgehead atoms. The molecule has 1 aliphatic rings. The Bertz CT molecular complexity index is 122. The van der Waals surface area contributed by atoms with E-state index in [1.165, 1.54) is 19.5 Å². The van der Waals surface area contributed by atoms with Crippen LogP contribution in [0.4, 0.5) is 0 Å². The number of nitrogens with zero attached hydrogens (tertiary/aromatic N) is 2. The molecule has 1 aliphatic heterocycles. The minimum atomic E-state index is 0.395. The van der Waals surface area contributed by atoms with Crippen LogP contribution in [0, 0.1) is 0 Å². The highest BCUT2D eigenvalue weighted by Gasteiger charge is 2.20. The van der Waals surface area contributed by atoms with Crippen molar-refractivity contribution in [2.24, 2.45) is 0 Å². The van der Waals surface area contributed by atoms with Gasteiger partial charge in [-0.15, -0.1) is 0 Å². The summed E-state index contributed by atoms with van der Waals surface area (Å²) in [6.45, 7) is 10.2. The molecule has 1 saturated heterocycles. The number of hydrogen-bond donors (Lipinski definition) is 1. The Morgan fingerprint density at radius 3 is 2.17 bits per heavy atom. The Kier molecular flexibility index (Phi) is 3.87. The van der Waals surface area contributed by atoms with Crippen molar-refractivity contribution in [1.29, 1.82) is 0 Å². The van der Waals surface area contributed by atoms with E-state index >= 15 is 0 Å². The van der Waals surface area contributed by atoms with Crippen LogP contribution >= 0.6 is 12.6 Å². The summed E-state index contributed by atoms with van der Waals surface area (Å²) < 4.78 is 0. The van der Waals surface area contributed by atoms with Crippen LogP contribution in [0.2, 0.25) is 0 Å². The lowest BCUT2D eigenvalue weighted by Crippen LogP contribution is -2.49. The standard InChI is InChI=1S/C9H20N2S/c1-8(2)10-5-4-6-11(7-10)9(3)12/h8-9,12H,4-7H2,1-3H3. The summed E-state index contributed by atoms with van der Waals surface area (Å²) in [6, 6.07) is 0.667. The maximum atomic E-state index is 4.45. The molecule has 1 rings (SSSR count). The van der Waals surface area contributed by atoms with Crippen LogP contribution in [0.5, 0.6) is 0 Å². The first kappa shape index (κ1) is 10.4. The average Bonchev–Trinajstić information content (AvgIpc) is 2.04. The Morgan fingerprint density at radius 2 is 1.67 bits per heavy atom. The van der Waals surface area contributed by atoms with Crippen molar-refractivity contribution in [2.45, 2.75) is 38.6 Å². The average molecular weight is 188 g/mol. The van der Waals surface area contributed by atoms with Crippen molar-refractivity contribution >= 4 is 12.6 Å². The fourth-order valence-corrected chi connectivity index (χ4v) is 1.77. The zero-order valence-electron chi connectivity index (χ0n) is 8.32. The summed E-state index contributed by atoms with van der Waals surface area (Å²) >= 11 is 4.45. The monoisotopic (exact) mass is 188 g/mol. The van der Waals surface area contributed by atoms with E-state index in [1.807, 2.05) is 0 Å². The predicted octanol–water partition coefficient (Wildman–Crippen LogP) is 1.64. The summed E-state index contributed by atoms with van der Waals surface area (Å²) in [5, 5.41) is 0.395. The van der Waals surface area contributed by atoms with E-state index in [-0.39, 0.29) is 0 Å². The Labute approximate surface area is 81.3 Å². The van der Waals surface area contributed by atoms with Gasteiger partial charge in [0.1, 0.15) is 0 Å². The molecule has 0 aliphatic carbocycles. The van der Waals surface area contributed by atoms with E-state index in [0.717, 1.165) is 6.67 Å². The molecule has 0 aromatic rings. The fraction of sp³-hybridized carbons (Fsp3) is 1.00. The Hall–Kier alpha value is 0.270. The zero-order valence-corrected chi connectivity index (χ0v) is 9.22. The van der Waals surface area contributed by atoms with E-state index in [9.17, 15) is 0 Å². The molecule has 3 heteroatoms. The van der Waals surface area contributed by atoms with Crippen LogP contribution in [0.15, 0.2) is 0 Å². The van der Waals surface area contributed by atoms with E-state index in [2.05, 4.69) is 43.2 Å². The minimum Gasteiger partial charge on any atom is -0.288 e. The fourth-order valence-electron chi connectivity index (χ4n) is 1.58. The van der Waals surface area contributed by atoms with Crippen molar-refractivity contribution in [1.82, 2.24) is 9.80 Å². The molecule has 0 N–H and O–H groups in total. The topological polar surface area (TPSA) is 6.48 Å². The van der Waals surface area contributed by atoms with Gasteiger partial charge in [0.2, 0.25) is 0 Å². The van der Waals surface area contributed by atoms with Gasteiger partial charge in [0.15, 0.2) is 0 Å². The maximum Gasteiger partial charge on any atom is 0.0518 e. The van der Waals surface area contributed by atoms with Gasteiger partial charge in [-0.3, -0.25) is 9.80 Å². The van der Waals surface area contributed by atoms with Gasteiger partial charge in [0, 0.05) is 19.1 Å². The van der Waals surface area contributed by atoms with Gasteiger partial charge in [-0.2, -0.15) is 12.6 Å². The van der Waals surface area contributed by atoms with Crippen LogP contribution in [0.3, 0.4) is 0 Å². The largest absolute Gasteiger partial charge is 0.288 e. The molecule has 0 aromatic carbocycles. The molecular weight excluding hydrogens is 168 g/mol. The SMILES string of the molecule is CC(C)N1CCCN(C(C)S)C1. The van der Waals surface area contributed by atoms with Crippen LogP contribution in [-0.4, -0.2) is 41.0 Å². The summed E-state index contributed by atoms with van der Waals surface area (Å²) in [6.07, 6.45) is 1.28. The zero-order chi connectivity index (χ0) is 9.14. The van der Waals surface area contributed by atoms with Gasteiger partial charge in [0.05, 0.1) is 12.0 Å². The Morgan fingerprint density at radius 1 is 1.08 bits per heavy atom. The van der Waals surface area contributed by atoms with Gasteiger partial charge in [-0.1, -0.05) is 0 Å². The molecule has 0 spiro atoms. The van der Waals surface area contributed by atoms with E-state index in [4.69, 9.17) is 0 Å². The first-order valence-corrected chi connectivity index (χ1v) is 5.29. The first-order valence-electron chi connectivity index (χ1n) is 4.77. The molecule has 1 heterocycles. The van der Waals surface area contributed by atoms with Crippen LogP contribution < -0.4 is 0 Å². The normalized spacial score (nSPS) is 24.8. The van der Waals surface area contributed by atoms with E-state index < -0.39 is 0 Å². The van der Waals surface area contributed by atoms with Crippen molar-refractivity contribution in [2.75, 3.05) is 19.8 Å². The lowest BCUT2D eigenvalue weighted by Gasteiger charge is -2.39. The van der Waals surface area contributed by atoms with Gasteiger partial charge in [-0.05, 0) is 27.2 Å². The minimum absolute atomic E-state index is 0.395. The molecule has 0 saturated carbocycles. The molecule has 0 amide bonds. The lowest BCUT2D eigenvalue weighted by atomic mass is 10.2. The second-order valence-electron chi connectivity index (χ2n) is 3.85. The molecule has 1 fully saturated rings. The maximum absolute atomic E-state index is 4.45. The van der Waals surface area contributed by atoms with E-state index in [0.29, 0.717) is 11.4 Å². The molecular formula is C9H20N2S. The van der Waals surface area contributed by atoms with Crippen LogP contribution in [0.1, 0.15) is 27.2 Å². The predicted molar refractivity (Wildman–Crippen MR) is 56.5 cm³/mol. The first-order chi connectivity index (χ1) is 5.61. The third-order valence-electron chi connectivity index (χ3n) is 2.51. The van der Waals surface area contributed by atoms with Gasteiger partial charge in [0.25, 0.3) is 0 Å². The summed E-state index contributed by atoms with van der Waals surface area (Å²) in [5.74, 6) is 0. The highest BCUT2D eigenvalue weighted by molar-refractivity contribution is 7.80. The van der Waals surface area contributed by atoms with Crippen LogP contribution in [-0.2, 0) is 0 Å². The van der Waals surface area contributed by atoms with Crippen molar-refractivity contribution in [3.8, 4) is 0 Å². The summed E-state index contributed by atoms with van der Waals surface area (Å²) in [5.41, 5.74) is 0. The Balaban J connectivity index is 2.40. The van der Waals surface area contributed by atoms with Gasteiger partial charge < -0.3 is 0 Å². The molecule has 1 unspecified atom stereocenters. The number of rotatable bonds is 2. The third-order valence-corrected chi connectivity index (χ3v) is 2.84. The lowest BCUT2D eigenvalue weighted by molar-refractivity contribution is 0.0596. The summed E-state index contributed by atoms with van der Waals surface area (Å²) in [7, 11) is 0. The van der Waals surface area contributed by atoms with Gasteiger partial charge >= 0.3 is 0 Å². The quantitative estimate of drug-likeness (QED) is 0.658. The van der Waals surface area contributed by atoms with E-state index in [1.54, 1.807) is 0 Å². The van der Waals surface area contributed by atoms with Crippen molar-refractivity contribution < 1.29 is 0 Å². The van der Waals surface area contributed by atoms with Crippen LogP contribution in [0.25, 0.3) is 0 Å².